The molecule has 0 spiro atoms. The number of aromatic nitrogens is 3. The Hall–Kier alpha value is -3.75. The van der Waals surface area contributed by atoms with Crippen molar-refractivity contribution < 1.29 is 18.9 Å². The summed E-state index contributed by atoms with van der Waals surface area (Å²) >= 11 is 0. The van der Waals surface area contributed by atoms with Gasteiger partial charge < -0.3 is 14.0 Å². The number of imidazole rings is 1. The molecule has 0 saturated carbocycles. The first-order chi connectivity index (χ1) is 14.0. The summed E-state index contributed by atoms with van der Waals surface area (Å²) in [5, 5.41) is 6.03. The van der Waals surface area contributed by atoms with Crippen LogP contribution in [0.1, 0.15) is 28.8 Å². The van der Waals surface area contributed by atoms with E-state index in [0.717, 1.165) is 28.2 Å². The van der Waals surface area contributed by atoms with Gasteiger partial charge in [-0.15, -0.1) is 0 Å². The fourth-order valence-electron chi connectivity index (χ4n) is 3.92. The maximum absolute atomic E-state index is 12.8. The summed E-state index contributed by atoms with van der Waals surface area (Å²) < 4.78 is 6.78. The van der Waals surface area contributed by atoms with Gasteiger partial charge in [-0.25, -0.2) is 4.98 Å². The molecule has 0 radical (unpaired) electrons. The van der Waals surface area contributed by atoms with Crippen molar-refractivity contribution >= 4 is 17.7 Å². The molecule has 9 heteroatoms. The van der Waals surface area contributed by atoms with Crippen LogP contribution in [0.3, 0.4) is 0 Å². The van der Waals surface area contributed by atoms with Gasteiger partial charge in [-0.2, -0.15) is 0 Å². The van der Waals surface area contributed by atoms with Gasteiger partial charge in [-0.05, 0) is 24.1 Å². The summed E-state index contributed by atoms with van der Waals surface area (Å²) in [6, 6.07) is 4.93. The number of carbonyl (C=O) groups excluding carboxylic acids is 3. The SMILES string of the molecule is Cn1cc(-c2ccc3c(c2)CN(C2CCC(=O)NC2=O)C3=O)nc1-c1cnoc1. The van der Waals surface area contributed by atoms with E-state index in [0.29, 0.717) is 18.5 Å². The predicted molar refractivity (Wildman–Crippen MR) is 100 cm³/mol. The molecular formula is C20H17N5O4. The van der Waals surface area contributed by atoms with Gasteiger partial charge in [0, 0.05) is 37.3 Å². The topological polar surface area (TPSA) is 110 Å². The van der Waals surface area contributed by atoms with Crippen LogP contribution in [-0.2, 0) is 23.2 Å². The minimum Gasteiger partial charge on any atom is -0.364 e. The lowest BCUT2D eigenvalue weighted by Crippen LogP contribution is -2.52. The molecule has 29 heavy (non-hydrogen) atoms. The number of fused-ring (bicyclic) bond motifs is 1. The first-order valence-electron chi connectivity index (χ1n) is 9.22. The Labute approximate surface area is 165 Å². The van der Waals surface area contributed by atoms with Gasteiger partial charge in [0.2, 0.25) is 11.8 Å². The summed E-state index contributed by atoms with van der Waals surface area (Å²) in [4.78, 5) is 42.6. The second kappa shape index (κ2) is 6.40. The Balaban J connectivity index is 1.44. The van der Waals surface area contributed by atoms with Crippen LogP contribution in [0.15, 0.2) is 41.4 Å². The molecule has 146 valence electrons. The van der Waals surface area contributed by atoms with Gasteiger partial charge in [-0.3, -0.25) is 19.7 Å². The minimum atomic E-state index is -0.619. The summed E-state index contributed by atoms with van der Waals surface area (Å²) in [5.41, 5.74) is 3.83. The monoisotopic (exact) mass is 391 g/mol. The standard InChI is InChI=1S/C20H17N5O4/c1-24-9-15(22-18(24)13-7-21-29-10-13)11-2-3-14-12(6-11)8-25(20(14)28)16-4-5-17(26)23-19(16)27/h2-3,6-7,9-10,16H,4-5,8H2,1H3,(H,23,26,27). The van der Waals surface area contributed by atoms with E-state index in [-0.39, 0.29) is 18.2 Å². The second-order valence-corrected chi connectivity index (χ2v) is 7.25. The van der Waals surface area contributed by atoms with Crippen molar-refractivity contribution in [2.24, 2.45) is 7.05 Å². The quantitative estimate of drug-likeness (QED) is 0.678. The fourth-order valence-corrected chi connectivity index (χ4v) is 3.92. The Morgan fingerprint density at radius 3 is 2.83 bits per heavy atom. The lowest BCUT2D eigenvalue weighted by molar-refractivity contribution is -0.136. The van der Waals surface area contributed by atoms with Crippen LogP contribution in [-0.4, -0.2) is 43.4 Å². The largest absolute Gasteiger partial charge is 0.364 e. The van der Waals surface area contributed by atoms with Crippen LogP contribution >= 0.6 is 0 Å². The third-order valence-corrected chi connectivity index (χ3v) is 5.39. The van der Waals surface area contributed by atoms with Gasteiger partial charge >= 0.3 is 0 Å². The molecule has 2 aliphatic heterocycles. The van der Waals surface area contributed by atoms with E-state index in [4.69, 9.17) is 4.52 Å². The number of nitrogens with zero attached hydrogens (tertiary/aromatic N) is 4. The zero-order valence-corrected chi connectivity index (χ0v) is 15.6. The van der Waals surface area contributed by atoms with Crippen LogP contribution in [0, 0.1) is 0 Å². The van der Waals surface area contributed by atoms with Crippen molar-refractivity contribution in [3.8, 4) is 22.6 Å². The van der Waals surface area contributed by atoms with Gasteiger partial charge in [0.25, 0.3) is 5.91 Å². The highest BCUT2D eigenvalue weighted by molar-refractivity contribution is 6.05. The third-order valence-electron chi connectivity index (χ3n) is 5.39. The third kappa shape index (κ3) is 2.82. The van der Waals surface area contributed by atoms with Gasteiger partial charge in [-0.1, -0.05) is 11.2 Å². The van der Waals surface area contributed by atoms with E-state index >= 15 is 0 Å². The summed E-state index contributed by atoms with van der Waals surface area (Å²) in [7, 11) is 1.89. The number of benzene rings is 1. The number of rotatable bonds is 3. The van der Waals surface area contributed by atoms with Crippen molar-refractivity contribution in [3.05, 3.63) is 48.0 Å². The van der Waals surface area contributed by atoms with Crippen molar-refractivity contribution in [1.29, 1.82) is 0 Å². The molecule has 1 saturated heterocycles. The number of hydrogen-bond acceptors (Lipinski definition) is 6. The molecule has 1 unspecified atom stereocenters. The molecule has 9 nitrogen and oxygen atoms in total. The molecule has 3 aromatic rings. The van der Waals surface area contributed by atoms with E-state index in [1.54, 1.807) is 12.3 Å². The molecule has 1 N–H and O–H groups in total. The molecule has 1 aromatic carbocycles. The highest BCUT2D eigenvalue weighted by Gasteiger charge is 2.39. The maximum atomic E-state index is 12.8. The molecule has 1 atom stereocenters. The first kappa shape index (κ1) is 17.4. The smallest absolute Gasteiger partial charge is 0.255 e. The lowest BCUT2D eigenvalue weighted by atomic mass is 10.0. The Morgan fingerprint density at radius 2 is 2.07 bits per heavy atom. The van der Waals surface area contributed by atoms with Crippen molar-refractivity contribution in [3.63, 3.8) is 0 Å². The number of piperidine rings is 1. The molecule has 3 amide bonds. The number of carbonyl (C=O) groups is 3. The van der Waals surface area contributed by atoms with Gasteiger partial charge in [0.15, 0.2) is 0 Å². The van der Waals surface area contributed by atoms with Crippen LogP contribution in [0.25, 0.3) is 22.6 Å². The van der Waals surface area contributed by atoms with E-state index in [9.17, 15) is 14.4 Å². The minimum absolute atomic E-state index is 0.188. The molecule has 2 aromatic heterocycles. The first-order valence-corrected chi connectivity index (χ1v) is 9.22. The maximum Gasteiger partial charge on any atom is 0.255 e. The van der Waals surface area contributed by atoms with E-state index < -0.39 is 11.9 Å². The molecule has 2 aliphatic rings. The second-order valence-electron chi connectivity index (χ2n) is 7.25. The van der Waals surface area contributed by atoms with E-state index in [2.05, 4.69) is 15.5 Å². The average molecular weight is 391 g/mol. The summed E-state index contributed by atoms with van der Waals surface area (Å²) in [6.45, 7) is 0.333. The number of aryl methyl sites for hydroxylation is 1. The van der Waals surface area contributed by atoms with Crippen molar-refractivity contribution in [1.82, 2.24) is 24.9 Å². The Kier molecular flexibility index (Phi) is 3.83. The lowest BCUT2D eigenvalue weighted by Gasteiger charge is -2.29. The van der Waals surface area contributed by atoms with Gasteiger partial charge in [0.05, 0.1) is 17.5 Å². The van der Waals surface area contributed by atoms with Crippen LogP contribution in [0.2, 0.25) is 0 Å². The predicted octanol–water partition coefficient (Wildman–Crippen LogP) is 1.50. The number of hydrogen-bond donors (Lipinski definition) is 1. The number of amides is 3. The number of imide groups is 1. The molecule has 5 rings (SSSR count). The molecule has 4 heterocycles. The van der Waals surface area contributed by atoms with E-state index in [1.807, 2.05) is 29.9 Å². The van der Waals surface area contributed by atoms with E-state index in [1.165, 1.54) is 11.2 Å². The summed E-state index contributed by atoms with van der Waals surface area (Å²) in [6.07, 6.45) is 5.62. The van der Waals surface area contributed by atoms with Crippen LogP contribution in [0.4, 0.5) is 0 Å². The fraction of sp³-hybridized carbons (Fsp3) is 0.250. The molecule has 1 fully saturated rings. The Morgan fingerprint density at radius 1 is 1.21 bits per heavy atom. The van der Waals surface area contributed by atoms with Crippen molar-refractivity contribution in [2.75, 3.05) is 0 Å². The molecular weight excluding hydrogens is 374 g/mol. The zero-order valence-electron chi connectivity index (χ0n) is 15.6. The summed E-state index contributed by atoms with van der Waals surface area (Å²) in [5.74, 6) is -0.169. The highest BCUT2D eigenvalue weighted by Crippen LogP contribution is 2.31. The Bertz CT molecular complexity index is 1150. The molecule has 0 bridgehead atoms. The zero-order chi connectivity index (χ0) is 20.1. The number of nitrogens with one attached hydrogen (secondary N) is 1. The van der Waals surface area contributed by atoms with Crippen LogP contribution < -0.4 is 5.32 Å². The normalized spacial score (nSPS) is 18.9. The van der Waals surface area contributed by atoms with Gasteiger partial charge in [0.1, 0.15) is 18.1 Å². The van der Waals surface area contributed by atoms with Crippen molar-refractivity contribution in [2.45, 2.75) is 25.4 Å². The van der Waals surface area contributed by atoms with Crippen LogP contribution in [0.5, 0.6) is 0 Å². The average Bonchev–Trinajstić information content (AvgIpc) is 3.41. The molecule has 0 aliphatic carbocycles. The highest BCUT2D eigenvalue weighted by atomic mass is 16.5.